The molecule has 0 aliphatic rings. The molecule has 4 nitrogen and oxygen atoms in total. The van der Waals surface area contributed by atoms with Gasteiger partial charge in [-0.2, -0.15) is 0 Å². The fourth-order valence-electron chi connectivity index (χ4n) is 0.808. The third kappa shape index (κ3) is 1.52. The molecule has 1 aromatic heterocycles. The Hall–Kier alpha value is -1.45. The Morgan fingerprint density at radius 2 is 2.18 bits per heavy atom. The lowest BCUT2D eigenvalue weighted by molar-refractivity contribution is 0.0689. The first kappa shape index (κ1) is 7.65. The van der Waals surface area contributed by atoms with Crippen LogP contribution in [-0.2, 0) is 0 Å². The van der Waals surface area contributed by atoms with Gasteiger partial charge in [-0.15, -0.1) is 0 Å². The van der Waals surface area contributed by atoms with Gasteiger partial charge >= 0.3 is 5.97 Å². The van der Waals surface area contributed by atoms with Gasteiger partial charge in [0.2, 0.25) is 0 Å². The Labute approximate surface area is 63.9 Å². The van der Waals surface area contributed by atoms with Crippen molar-refractivity contribution in [2.75, 3.05) is 0 Å². The number of hydrogen-bond donors (Lipinski definition) is 1. The molecule has 0 aliphatic heterocycles. The van der Waals surface area contributed by atoms with E-state index in [0.717, 1.165) is 5.69 Å². The molecule has 4 heteroatoms. The number of carbonyl (C=O) groups is 1. The van der Waals surface area contributed by atoms with Gasteiger partial charge in [-0.25, -0.2) is 9.78 Å². The molecule has 0 saturated carbocycles. The van der Waals surface area contributed by atoms with Crippen molar-refractivity contribution in [3.63, 3.8) is 0 Å². The summed E-state index contributed by atoms with van der Waals surface area (Å²) in [6, 6.07) is 0. The van der Waals surface area contributed by atoms with E-state index in [9.17, 15) is 4.79 Å². The minimum atomic E-state index is -1.03. The van der Waals surface area contributed by atoms with Gasteiger partial charge in [-0.1, -0.05) is 0 Å². The highest BCUT2D eigenvalue weighted by molar-refractivity contribution is 5.86. The molecule has 0 unspecified atom stereocenters. The first-order valence-electron chi connectivity index (χ1n) is 3.15. The second-order valence-electron chi connectivity index (χ2n) is 2.25. The van der Waals surface area contributed by atoms with Gasteiger partial charge in [0.25, 0.3) is 0 Å². The van der Waals surface area contributed by atoms with Crippen LogP contribution in [-0.4, -0.2) is 21.0 Å². The average molecular weight is 152 g/mol. The maximum Gasteiger partial charge on any atom is 0.356 e. The Morgan fingerprint density at radius 3 is 2.64 bits per heavy atom. The van der Waals surface area contributed by atoms with Gasteiger partial charge in [0.05, 0.1) is 11.4 Å². The van der Waals surface area contributed by atoms with Crippen LogP contribution in [0.15, 0.2) is 6.20 Å². The fraction of sp³-hybridized carbons (Fsp3) is 0.286. The Bertz CT molecular complexity index is 296. The molecular formula is C7H8N2O2. The van der Waals surface area contributed by atoms with E-state index in [0.29, 0.717) is 5.69 Å². The van der Waals surface area contributed by atoms with Crippen LogP contribution in [0.1, 0.15) is 21.9 Å². The summed E-state index contributed by atoms with van der Waals surface area (Å²) in [4.78, 5) is 18.1. The van der Waals surface area contributed by atoms with Crippen molar-refractivity contribution in [1.82, 2.24) is 9.97 Å². The largest absolute Gasteiger partial charge is 0.476 e. The minimum Gasteiger partial charge on any atom is -0.476 e. The molecule has 1 aromatic rings. The van der Waals surface area contributed by atoms with Gasteiger partial charge in [0.1, 0.15) is 0 Å². The highest BCUT2D eigenvalue weighted by atomic mass is 16.4. The Morgan fingerprint density at radius 1 is 1.55 bits per heavy atom. The van der Waals surface area contributed by atoms with Crippen molar-refractivity contribution in [3.8, 4) is 0 Å². The monoisotopic (exact) mass is 152 g/mol. The summed E-state index contributed by atoms with van der Waals surface area (Å²) < 4.78 is 0. The summed E-state index contributed by atoms with van der Waals surface area (Å²) in [5.41, 5.74) is 1.21. The van der Waals surface area contributed by atoms with Crippen LogP contribution in [0.25, 0.3) is 0 Å². The smallest absolute Gasteiger partial charge is 0.356 e. The summed E-state index contributed by atoms with van der Waals surface area (Å²) in [7, 11) is 0. The van der Waals surface area contributed by atoms with Gasteiger partial charge in [0, 0.05) is 6.20 Å². The normalized spacial score (nSPS) is 9.64. The SMILES string of the molecule is Cc1cnc(C(=O)O)c(C)n1. The molecule has 0 spiro atoms. The van der Waals surface area contributed by atoms with Crippen molar-refractivity contribution in [1.29, 1.82) is 0 Å². The molecule has 1 rings (SSSR count). The Kier molecular flexibility index (Phi) is 1.85. The molecule has 0 saturated heterocycles. The van der Waals surface area contributed by atoms with Gasteiger partial charge < -0.3 is 5.11 Å². The number of aromatic nitrogens is 2. The molecule has 1 heterocycles. The molecule has 0 aromatic carbocycles. The van der Waals surface area contributed by atoms with E-state index >= 15 is 0 Å². The number of carboxylic acids is 1. The van der Waals surface area contributed by atoms with Crippen molar-refractivity contribution in [2.45, 2.75) is 13.8 Å². The quantitative estimate of drug-likeness (QED) is 0.646. The standard InChI is InChI=1S/C7H8N2O2/c1-4-3-8-6(7(10)11)5(2)9-4/h3H,1-2H3,(H,10,11). The summed E-state index contributed by atoms with van der Waals surface area (Å²) >= 11 is 0. The van der Waals surface area contributed by atoms with Crippen LogP contribution < -0.4 is 0 Å². The van der Waals surface area contributed by atoms with E-state index < -0.39 is 5.97 Å². The van der Waals surface area contributed by atoms with Gasteiger partial charge in [0.15, 0.2) is 5.69 Å². The lowest BCUT2D eigenvalue weighted by Crippen LogP contribution is -2.05. The zero-order valence-electron chi connectivity index (χ0n) is 6.33. The predicted octanol–water partition coefficient (Wildman–Crippen LogP) is 0.792. The van der Waals surface area contributed by atoms with E-state index in [1.807, 2.05) is 0 Å². The van der Waals surface area contributed by atoms with Crippen molar-refractivity contribution >= 4 is 5.97 Å². The number of aromatic carboxylic acids is 1. The number of aryl methyl sites for hydroxylation is 2. The highest BCUT2D eigenvalue weighted by Crippen LogP contribution is 2.01. The van der Waals surface area contributed by atoms with Crippen molar-refractivity contribution in [3.05, 3.63) is 23.3 Å². The average Bonchev–Trinajstić information content (AvgIpc) is 1.85. The lowest BCUT2D eigenvalue weighted by atomic mass is 10.3. The summed E-state index contributed by atoms with van der Waals surface area (Å²) in [6.07, 6.45) is 1.44. The first-order chi connectivity index (χ1) is 5.11. The molecule has 0 radical (unpaired) electrons. The maximum absolute atomic E-state index is 10.4. The molecule has 0 aliphatic carbocycles. The van der Waals surface area contributed by atoms with E-state index in [2.05, 4.69) is 9.97 Å². The molecule has 58 valence electrons. The van der Waals surface area contributed by atoms with Crippen LogP contribution in [0.5, 0.6) is 0 Å². The highest BCUT2D eigenvalue weighted by Gasteiger charge is 2.08. The van der Waals surface area contributed by atoms with Crippen LogP contribution in [0, 0.1) is 13.8 Å². The zero-order valence-corrected chi connectivity index (χ0v) is 6.33. The fourth-order valence-corrected chi connectivity index (χ4v) is 0.808. The van der Waals surface area contributed by atoms with Crippen LogP contribution in [0.3, 0.4) is 0 Å². The lowest BCUT2D eigenvalue weighted by Gasteiger charge is -1.98. The van der Waals surface area contributed by atoms with Crippen molar-refractivity contribution < 1.29 is 9.90 Å². The number of nitrogens with zero attached hydrogens (tertiary/aromatic N) is 2. The van der Waals surface area contributed by atoms with Crippen LogP contribution in [0.4, 0.5) is 0 Å². The number of rotatable bonds is 1. The topological polar surface area (TPSA) is 63.1 Å². The minimum absolute atomic E-state index is 0.0237. The molecule has 0 bridgehead atoms. The number of hydrogen-bond acceptors (Lipinski definition) is 3. The molecular weight excluding hydrogens is 144 g/mol. The van der Waals surface area contributed by atoms with E-state index in [1.54, 1.807) is 13.8 Å². The molecule has 1 N–H and O–H groups in total. The van der Waals surface area contributed by atoms with E-state index in [1.165, 1.54) is 6.20 Å². The third-order valence-corrected chi connectivity index (χ3v) is 1.27. The van der Waals surface area contributed by atoms with E-state index in [-0.39, 0.29) is 5.69 Å². The zero-order chi connectivity index (χ0) is 8.43. The second-order valence-corrected chi connectivity index (χ2v) is 2.25. The van der Waals surface area contributed by atoms with Gasteiger partial charge in [-0.05, 0) is 13.8 Å². The second kappa shape index (κ2) is 2.65. The molecule has 0 fully saturated rings. The van der Waals surface area contributed by atoms with Crippen LogP contribution >= 0.6 is 0 Å². The number of carboxylic acid groups (broad SMARTS) is 1. The third-order valence-electron chi connectivity index (χ3n) is 1.27. The summed E-state index contributed by atoms with van der Waals surface area (Å²) in [5.74, 6) is -1.03. The summed E-state index contributed by atoms with van der Waals surface area (Å²) in [5, 5.41) is 8.55. The van der Waals surface area contributed by atoms with Crippen LogP contribution in [0.2, 0.25) is 0 Å². The maximum atomic E-state index is 10.4. The predicted molar refractivity (Wildman–Crippen MR) is 38.5 cm³/mol. The molecule has 11 heavy (non-hydrogen) atoms. The molecule has 0 amide bonds. The van der Waals surface area contributed by atoms with Gasteiger partial charge in [-0.3, -0.25) is 4.98 Å². The van der Waals surface area contributed by atoms with E-state index in [4.69, 9.17) is 5.11 Å². The Balaban J connectivity index is 3.20. The van der Waals surface area contributed by atoms with Crippen molar-refractivity contribution in [2.24, 2.45) is 0 Å². The molecule has 0 atom stereocenters. The first-order valence-corrected chi connectivity index (χ1v) is 3.15. The summed E-state index contributed by atoms with van der Waals surface area (Å²) in [6.45, 7) is 3.40.